The van der Waals surface area contributed by atoms with Crippen LogP contribution in [0.1, 0.15) is 37.8 Å². The molecule has 6 heteroatoms. The third kappa shape index (κ3) is 4.47. The van der Waals surface area contributed by atoms with Gasteiger partial charge in [-0.15, -0.1) is 0 Å². The van der Waals surface area contributed by atoms with Gasteiger partial charge in [0.25, 0.3) is 11.8 Å². The molecule has 1 saturated heterocycles. The Morgan fingerprint density at radius 2 is 1.58 bits per heavy atom. The third-order valence-corrected chi connectivity index (χ3v) is 6.58. The zero-order valence-corrected chi connectivity index (χ0v) is 19.8. The standard InChI is InChI=1S/C27H32N2O4/c1-18(2)29-26(30)24(21-10-11-22(32-3)23(17-21)33-4)25(27(29)31)28-14-12-20(13-15-28)16-19-8-6-5-7-9-19/h5-11,17-18,20H,12-16H2,1-4H3. The monoisotopic (exact) mass is 448 g/mol. The smallest absolute Gasteiger partial charge is 0.278 e. The quantitative estimate of drug-likeness (QED) is 0.596. The van der Waals surface area contributed by atoms with Crippen molar-refractivity contribution in [2.45, 2.75) is 39.2 Å². The summed E-state index contributed by atoms with van der Waals surface area (Å²) in [4.78, 5) is 30.3. The average molecular weight is 449 g/mol. The van der Waals surface area contributed by atoms with Crippen LogP contribution >= 0.6 is 0 Å². The maximum Gasteiger partial charge on any atom is 0.278 e. The lowest BCUT2D eigenvalue weighted by molar-refractivity contribution is -0.139. The summed E-state index contributed by atoms with van der Waals surface area (Å²) in [5.74, 6) is 1.24. The molecule has 0 saturated carbocycles. The minimum atomic E-state index is -0.247. The first-order chi connectivity index (χ1) is 15.9. The summed E-state index contributed by atoms with van der Waals surface area (Å²) in [7, 11) is 3.14. The molecule has 174 valence electrons. The molecule has 0 aliphatic carbocycles. The highest BCUT2D eigenvalue weighted by Gasteiger charge is 2.43. The number of rotatable bonds is 7. The third-order valence-electron chi connectivity index (χ3n) is 6.58. The van der Waals surface area contributed by atoms with Gasteiger partial charge < -0.3 is 14.4 Å². The van der Waals surface area contributed by atoms with E-state index in [2.05, 4.69) is 29.2 Å². The van der Waals surface area contributed by atoms with Crippen LogP contribution in [-0.2, 0) is 16.0 Å². The van der Waals surface area contributed by atoms with Gasteiger partial charge in [0.2, 0.25) is 0 Å². The fourth-order valence-electron chi connectivity index (χ4n) is 4.86. The molecule has 0 unspecified atom stereocenters. The lowest BCUT2D eigenvalue weighted by atomic mass is 9.89. The largest absolute Gasteiger partial charge is 0.493 e. The van der Waals surface area contributed by atoms with Crippen molar-refractivity contribution in [3.63, 3.8) is 0 Å². The predicted octanol–water partition coefficient (Wildman–Crippen LogP) is 4.15. The van der Waals surface area contributed by atoms with Crippen molar-refractivity contribution in [1.82, 2.24) is 9.80 Å². The lowest BCUT2D eigenvalue weighted by Gasteiger charge is -2.34. The molecule has 2 aromatic carbocycles. The van der Waals surface area contributed by atoms with Gasteiger partial charge in [0.15, 0.2) is 11.5 Å². The number of benzene rings is 2. The number of carbonyl (C=O) groups is 2. The van der Waals surface area contributed by atoms with Gasteiger partial charge in [-0.3, -0.25) is 14.5 Å². The molecule has 2 aliphatic heterocycles. The van der Waals surface area contributed by atoms with Crippen molar-refractivity contribution in [1.29, 1.82) is 0 Å². The van der Waals surface area contributed by atoms with Crippen LogP contribution < -0.4 is 9.47 Å². The minimum absolute atomic E-state index is 0.207. The first-order valence-corrected chi connectivity index (χ1v) is 11.6. The number of hydrogen-bond donors (Lipinski definition) is 0. The van der Waals surface area contributed by atoms with E-state index in [4.69, 9.17) is 9.47 Å². The first-order valence-electron chi connectivity index (χ1n) is 11.6. The van der Waals surface area contributed by atoms with E-state index in [9.17, 15) is 9.59 Å². The van der Waals surface area contributed by atoms with Crippen molar-refractivity contribution < 1.29 is 19.1 Å². The lowest BCUT2D eigenvalue weighted by Crippen LogP contribution is -2.41. The number of piperidine rings is 1. The Hall–Kier alpha value is -3.28. The molecule has 1 fully saturated rings. The fraction of sp³-hybridized carbons (Fsp3) is 0.407. The average Bonchev–Trinajstić information content (AvgIpc) is 3.09. The number of hydrogen-bond acceptors (Lipinski definition) is 5. The second kappa shape index (κ2) is 9.69. The molecule has 0 atom stereocenters. The van der Waals surface area contributed by atoms with E-state index >= 15 is 0 Å². The van der Waals surface area contributed by atoms with Crippen LogP contribution in [0.4, 0.5) is 0 Å². The molecule has 0 aromatic heterocycles. The summed E-state index contributed by atoms with van der Waals surface area (Å²) >= 11 is 0. The zero-order chi connectivity index (χ0) is 23.5. The number of amides is 2. The zero-order valence-electron chi connectivity index (χ0n) is 19.8. The van der Waals surface area contributed by atoms with Crippen LogP contribution in [0.3, 0.4) is 0 Å². The van der Waals surface area contributed by atoms with E-state index in [1.165, 1.54) is 10.5 Å². The molecule has 0 N–H and O–H groups in total. The van der Waals surface area contributed by atoms with Crippen LogP contribution in [0.15, 0.2) is 54.2 Å². The normalized spacial score (nSPS) is 17.4. The summed E-state index contributed by atoms with van der Waals surface area (Å²) in [5.41, 5.74) is 2.99. The highest BCUT2D eigenvalue weighted by atomic mass is 16.5. The van der Waals surface area contributed by atoms with Gasteiger partial charge >= 0.3 is 0 Å². The van der Waals surface area contributed by atoms with E-state index in [0.29, 0.717) is 34.3 Å². The number of methoxy groups -OCH3 is 2. The molecule has 2 heterocycles. The van der Waals surface area contributed by atoms with Gasteiger partial charge in [-0.1, -0.05) is 36.4 Å². The predicted molar refractivity (Wildman–Crippen MR) is 128 cm³/mol. The summed E-state index contributed by atoms with van der Waals surface area (Å²) in [6.07, 6.45) is 3.02. The molecule has 33 heavy (non-hydrogen) atoms. The van der Waals surface area contributed by atoms with Crippen molar-refractivity contribution in [3.8, 4) is 11.5 Å². The van der Waals surface area contributed by atoms with Crippen LogP contribution in [-0.4, -0.2) is 55.0 Å². The highest BCUT2D eigenvalue weighted by Crippen LogP contribution is 2.38. The van der Waals surface area contributed by atoms with Crippen LogP contribution in [0.2, 0.25) is 0 Å². The van der Waals surface area contributed by atoms with Crippen molar-refractivity contribution in [3.05, 3.63) is 65.4 Å². The van der Waals surface area contributed by atoms with Gasteiger partial charge in [0.05, 0.1) is 19.8 Å². The molecule has 0 radical (unpaired) electrons. The molecule has 4 rings (SSSR count). The van der Waals surface area contributed by atoms with E-state index in [0.717, 1.165) is 32.4 Å². The Balaban J connectivity index is 1.63. The molecule has 0 bridgehead atoms. The Bertz CT molecular complexity index is 1050. The maximum atomic E-state index is 13.4. The molecule has 6 nitrogen and oxygen atoms in total. The Morgan fingerprint density at radius 1 is 0.909 bits per heavy atom. The number of ether oxygens (including phenoxy) is 2. The number of carbonyl (C=O) groups excluding carboxylic acids is 2. The summed E-state index contributed by atoms with van der Waals surface area (Å²) in [5, 5.41) is 0. The SMILES string of the molecule is COc1ccc(C2=C(N3CCC(Cc4ccccc4)CC3)C(=O)N(C(C)C)C2=O)cc1OC. The van der Waals surface area contributed by atoms with Gasteiger partial charge in [-0.05, 0) is 62.3 Å². The topological polar surface area (TPSA) is 59.1 Å². The Morgan fingerprint density at radius 3 is 2.18 bits per heavy atom. The van der Waals surface area contributed by atoms with Crippen molar-refractivity contribution in [2.75, 3.05) is 27.3 Å². The molecule has 2 aromatic rings. The summed E-state index contributed by atoms with van der Waals surface area (Å²) < 4.78 is 10.8. The summed E-state index contributed by atoms with van der Waals surface area (Å²) in [6.45, 7) is 5.26. The van der Waals surface area contributed by atoms with E-state index in [1.807, 2.05) is 26.0 Å². The molecular formula is C27H32N2O4. The fourth-order valence-corrected chi connectivity index (χ4v) is 4.86. The molecule has 0 spiro atoms. The van der Waals surface area contributed by atoms with Gasteiger partial charge in [0, 0.05) is 19.1 Å². The maximum absolute atomic E-state index is 13.4. The highest BCUT2D eigenvalue weighted by molar-refractivity contribution is 6.35. The molecule has 2 amide bonds. The molecule has 2 aliphatic rings. The van der Waals surface area contributed by atoms with Gasteiger partial charge in [-0.25, -0.2) is 0 Å². The second-order valence-corrected chi connectivity index (χ2v) is 8.99. The second-order valence-electron chi connectivity index (χ2n) is 8.99. The Kier molecular flexibility index (Phi) is 6.72. The number of imide groups is 1. The van der Waals surface area contributed by atoms with Crippen LogP contribution in [0.25, 0.3) is 5.57 Å². The first kappa shape index (κ1) is 22.9. The summed E-state index contributed by atoms with van der Waals surface area (Å²) in [6, 6.07) is 15.7. The van der Waals surface area contributed by atoms with Crippen molar-refractivity contribution in [2.24, 2.45) is 5.92 Å². The number of nitrogens with zero attached hydrogens (tertiary/aromatic N) is 2. The van der Waals surface area contributed by atoms with Gasteiger partial charge in [0.1, 0.15) is 5.70 Å². The van der Waals surface area contributed by atoms with E-state index in [-0.39, 0.29) is 17.9 Å². The van der Waals surface area contributed by atoms with Crippen LogP contribution in [0, 0.1) is 5.92 Å². The van der Waals surface area contributed by atoms with Gasteiger partial charge in [-0.2, -0.15) is 0 Å². The molecular weight excluding hydrogens is 416 g/mol. The minimum Gasteiger partial charge on any atom is -0.493 e. The van der Waals surface area contributed by atoms with Crippen LogP contribution in [0.5, 0.6) is 11.5 Å². The van der Waals surface area contributed by atoms with E-state index in [1.54, 1.807) is 26.4 Å². The number of likely N-dealkylation sites (tertiary alicyclic amines) is 1. The van der Waals surface area contributed by atoms with Crippen molar-refractivity contribution >= 4 is 17.4 Å². The van der Waals surface area contributed by atoms with E-state index < -0.39 is 0 Å². The Labute approximate surface area is 195 Å².